The third kappa shape index (κ3) is 3.01. The fraction of sp³-hybridized carbons (Fsp3) is 0.381. The van der Waals surface area contributed by atoms with E-state index in [9.17, 15) is 4.79 Å². The van der Waals surface area contributed by atoms with E-state index in [-0.39, 0.29) is 11.9 Å². The fourth-order valence-electron chi connectivity index (χ4n) is 4.32. The minimum absolute atomic E-state index is 0.198. The molecule has 0 N–H and O–H groups in total. The van der Waals surface area contributed by atoms with Crippen LogP contribution in [-0.2, 0) is 11.2 Å². The molecule has 1 aromatic carbocycles. The van der Waals surface area contributed by atoms with Gasteiger partial charge in [0.2, 0.25) is 5.91 Å². The number of aromatic nitrogens is 3. The first-order valence-corrected chi connectivity index (χ1v) is 9.87. The molecule has 1 fully saturated rings. The summed E-state index contributed by atoms with van der Waals surface area (Å²) in [5, 5.41) is 4.63. The molecule has 1 saturated heterocycles. The first-order valence-electron chi connectivity index (χ1n) is 9.87. The van der Waals surface area contributed by atoms with Crippen LogP contribution in [0.25, 0.3) is 5.65 Å². The number of rotatable bonds is 3. The molecule has 5 rings (SSSR count). The van der Waals surface area contributed by atoms with E-state index >= 15 is 0 Å². The van der Waals surface area contributed by atoms with Crippen molar-refractivity contribution in [3.63, 3.8) is 0 Å². The van der Waals surface area contributed by atoms with Crippen LogP contribution in [0.3, 0.4) is 0 Å². The van der Waals surface area contributed by atoms with Gasteiger partial charge in [-0.15, -0.1) is 5.10 Å². The van der Waals surface area contributed by atoms with E-state index in [1.807, 2.05) is 35.4 Å². The Morgan fingerprint density at radius 2 is 1.93 bits per heavy atom. The van der Waals surface area contributed by atoms with E-state index < -0.39 is 0 Å². The molecule has 3 aromatic rings. The average molecular weight is 376 g/mol. The molecule has 1 amide bonds. The van der Waals surface area contributed by atoms with Gasteiger partial charge in [0.05, 0.1) is 6.54 Å². The van der Waals surface area contributed by atoms with Crippen molar-refractivity contribution < 1.29 is 4.79 Å². The van der Waals surface area contributed by atoms with Crippen molar-refractivity contribution >= 4 is 23.1 Å². The largest absolute Gasteiger partial charge is 0.353 e. The molecule has 0 radical (unpaired) electrons. The summed E-state index contributed by atoms with van der Waals surface area (Å²) in [5.74, 6) is 1.16. The van der Waals surface area contributed by atoms with Gasteiger partial charge in [-0.2, -0.15) is 0 Å². The van der Waals surface area contributed by atoms with E-state index in [0.717, 1.165) is 49.8 Å². The SMILES string of the molecule is CC1Cc2ccccc2N1C(=O)CN1CCN(c2ccc3nccn3n2)CC1. The Labute approximate surface area is 164 Å². The number of hydrogen-bond acceptors (Lipinski definition) is 5. The van der Waals surface area contributed by atoms with Crippen molar-refractivity contribution in [2.24, 2.45) is 0 Å². The normalized spacial score (nSPS) is 20.0. The molecule has 1 unspecified atom stereocenters. The van der Waals surface area contributed by atoms with Gasteiger partial charge in [-0.3, -0.25) is 9.69 Å². The van der Waals surface area contributed by atoms with E-state index in [1.165, 1.54) is 5.56 Å². The quantitative estimate of drug-likeness (QED) is 0.698. The van der Waals surface area contributed by atoms with Gasteiger partial charge < -0.3 is 9.80 Å². The predicted molar refractivity (Wildman–Crippen MR) is 109 cm³/mol. The molecule has 0 bridgehead atoms. The highest BCUT2D eigenvalue weighted by atomic mass is 16.2. The maximum atomic E-state index is 13.0. The first-order chi connectivity index (χ1) is 13.7. The Balaban J connectivity index is 1.22. The number of carbonyl (C=O) groups excluding carboxylic acids is 1. The number of hydrogen-bond donors (Lipinski definition) is 0. The maximum Gasteiger partial charge on any atom is 0.241 e. The van der Waals surface area contributed by atoms with Crippen molar-refractivity contribution in [2.75, 3.05) is 42.5 Å². The minimum atomic E-state index is 0.198. The molecule has 144 valence electrons. The molecular weight excluding hydrogens is 352 g/mol. The van der Waals surface area contributed by atoms with Gasteiger partial charge in [0.1, 0.15) is 5.82 Å². The second kappa shape index (κ2) is 6.91. The van der Waals surface area contributed by atoms with Crippen molar-refractivity contribution in [3.8, 4) is 0 Å². The number of fused-ring (bicyclic) bond motifs is 2. The van der Waals surface area contributed by atoms with Crippen LogP contribution in [0.2, 0.25) is 0 Å². The van der Waals surface area contributed by atoms with Crippen molar-refractivity contribution in [3.05, 3.63) is 54.4 Å². The first kappa shape index (κ1) is 17.2. The second-order valence-corrected chi connectivity index (χ2v) is 7.63. The Hall–Kier alpha value is -2.93. The molecule has 0 spiro atoms. The van der Waals surface area contributed by atoms with E-state index in [1.54, 1.807) is 10.7 Å². The fourth-order valence-corrected chi connectivity index (χ4v) is 4.32. The molecule has 1 atom stereocenters. The molecule has 2 aliphatic rings. The zero-order valence-electron chi connectivity index (χ0n) is 16.0. The highest BCUT2D eigenvalue weighted by molar-refractivity contribution is 5.97. The number of nitrogens with zero attached hydrogens (tertiary/aromatic N) is 6. The molecule has 2 aliphatic heterocycles. The van der Waals surface area contributed by atoms with Crippen LogP contribution in [0.1, 0.15) is 12.5 Å². The summed E-state index contributed by atoms with van der Waals surface area (Å²) in [6.45, 7) is 6.06. The van der Waals surface area contributed by atoms with E-state index in [2.05, 4.69) is 38.9 Å². The smallest absolute Gasteiger partial charge is 0.241 e. The lowest BCUT2D eigenvalue weighted by molar-refractivity contribution is -0.120. The monoisotopic (exact) mass is 376 g/mol. The van der Waals surface area contributed by atoms with Gasteiger partial charge >= 0.3 is 0 Å². The lowest BCUT2D eigenvalue weighted by Gasteiger charge is -2.36. The topological polar surface area (TPSA) is 57.0 Å². The zero-order chi connectivity index (χ0) is 19.1. The second-order valence-electron chi connectivity index (χ2n) is 7.63. The summed E-state index contributed by atoms with van der Waals surface area (Å²) >= 11 is 0. The average Bonchev–Trinajstić information content (AvgIpc) is 3.31. The molecule has 28 heavy (non-hydrogen) atoms. The van der Waals surface area contributed by atoms with Crippen molar-refractivity contribution in [2.45, 2.75) is 19.4 Å². The minimum Gasteiger partial charge on any atom is -0.353 e. The Morgan fingerprint density at radius 1 is 1.11 bits per heavy atom. The van der Waals surface area contributed by atoms with Crippen LogP contribution in [-0.4, -0.2) is 64.2 Å². The Kier molecular flexibility index (Phi) is 4.24. The van der Waals surface area contributed by atoms with Gasteiger partial charge in [-0.1, -0.05) is 18.2 Å². The van der Waals surface area contributed by atoms with Crippen LogP contribution in [0.5, 0.6) is 0 Å². The van der Waals surface area contributed by atoms with Gasteiger partial charge in [-0.25, -0.2) is 9.50 Å². The van der Waals surface area contributed by atoms with Crippen LogP contribution in [0, 0.1) is 0 Å². The number of anilines is 2. The summed E-state index contributed by atoms with van der Waals surface area (Å²) in [6, 6.07) is 12.5. The molecule has 7 heteroatoms. The number of piperazine rings is 1. The van der Waals surface area contributed by atoms with Crippen molar-refractivity contribution in [1.82, 2.24) is 19.5 Å². The Bertz CT molecular complexity index is 1010. The molecule has 0 aliphatic carbocycles. The lowest BCUT2D eigenvalue weighted by atomic mass is 10.1. The third-order valence-electron chi connectivity index (χ3n) is 5.77. The van der Waals surface area contributed by atoms with Gasteiger partial charge in [0.25, 0.3) is 0 Å². The van der Waals surface area contributed by atoms with E-state index in [4.69, 9.17) is 0 Å². The molecule has 4 heterocycles. The zero-order valence-corrected chi connectivity index (χ0v) is 16.0. The predicted octanol–water partition coefficient (Wildman–Crippen LogP) is 1.83. The standard InChI is InChI=1S/C21H24N6O/c1-16-14-17-4-2-3-5-18(17)27(16)21(28)15-24-10-12-25(13-11-24)20-7-6-19-22-8-9-26(19)23-20/h2-9,16H,10-15H2,1H3. The van der Waals surface area contributed by atoms with Crippen molar-refractivity contribution in [1.29, 1.82) is 0 Å². The summed E-state index contributed by atoms with van der Waals surface area (Å²) in [4.78, 5) is 23.8. The van der Waals surface area contributed by atoms with E-state index in [0.29, 0.717) is 6.54 Å². The highest BCUT2D eigenvalue weighted by Gasteiger charge is 2.31. The molecular formula is C21H24N6O. The summed E-state index contributed by atoms with van der Waals surface area (Å²) in [5.41, 5.74) is 3.21. The molecule has 7 nitrogen and oxygen atoms in total. The third-order valence-corrected chi connectivity index (χ3v) is 5.77. The number of amides is 1. The number of carbonyl (C=O) groups is 1. The van der Waals surface area contributed by atoms with Crippen LogP contribution in [0.15, 0.2) is 48.8 Å². The Morgan fingerprint density at radius 3 is 2.79 bits per heavy atom. The highest BCUT2D eigenvalue weighted by Crippen LogP contribution is 2.31. The maximum absolute atomic E-state index is 13.0. The number of para-hydroxylation sites is 1. The van der Waals surface area contributed by atoms with Crippen LogP contribution < -0.4 is 9.80 Å². The molecule has 0 saturated carbocycles. The summed E-state index contributed by atoms with van der Waals surface area (Å²) in [6.07, 6.45) is 4.56. The van der Waals surface area contributed by atoms with Crippen LogP contribution >= 0.6 is 0 Å². The number of imidazole rings is 1. The summed E-state index contributed by atoms with van der Waals surface area (Å²) in [7, 11) is 0. The van der Waals surface area contributed by atoms with Gasteiger partial charge in [-0.05, 0) is 37.1 Å². The molecule has 2 aromatic heterocycles. The number of benzene rings is 1. The summed E-state index contributed by atoms with van der Waals surface area (Å²) < 4.78 is 1.80. The van der Waals surface area contributed by atoms with Gasteiger partial charge in [0.15, 0.2) is 5.65 Å². The van der Waals surface area contributed by atoms with Crippen LogP contribution in [0.4, 0.5) is 11.5 Å². The lowest BCUT2D eigenvalue weighted by Crippen LogP contribution is -2.51. The van der Waals surface area contributed by atoms with Gasteiger partial charge in [0, 0.05) is 50.3 Å².